The number of thiophene rings is 1. The van der Waals surface area contributed by atoms with Gasteiger partial charge in [-0.15, -0.1) is 21.5 Å². The maximum Gasteiger partial charge on any atom is 0.191 e. The lowest BCUT2D eigenvalue weighted by Gasteiger charge is -2.06. The van der Waals surface area contributed by atoms with E-state index in [0.29, 0.717) is 12.4 Å². The predicted octanol–water partition coefficient (Wildman–Crippen LogP) is 3.85. The lowest BCUT2D eigenvalue weighted by Crippen LogP contribution is -2.03. The monoisotopic (exact) mass is 335 g/mol. The third-order valence-electron chi connectivity index (χ3n) is 2.99. The molecule has 3 aromatic rings. The predicted molar refractivity (Wildman–Crippen MR) is 86.9 cm³/mol. The van der Waals surface area contributed by atoms with Crippen LogP contribution < -0.4 is 4.74 Å². The van der Waals surface area contributed by atoms with Gasteiger partial charge in [-0.1, -0.05) is 30.0 Å². The molecule has 7 heteroatoms. The number of nitrogens with zero attached hydrogens (tertiary/aromatic N) is 3. The molecule has 0 aliphatic rings. The molecule has 0 N–H and O–H groups in total. The van der Waals surface area contributed by atoms with Gasteiger partial charge in [0.1, 0.15) is 0 Å². The van der Waals surface area contributed by atoms with Crippen molar-refractivity contribution >= 4 is 23.1 Å². The van der Waals surface area contributed by atoms with E-state index in [2.05, 4.69) is 10.2 Å². The summed E-state index contributed by atoms with van der Waals surface area (Å²) in [6, 6.07) is 10.4. The quantitative estimate of drug-likeness (QED) is 0.507. The number of ether oxygens (including phenoxy) is 1. The molecule has 3 rings (SSSR count). The SMILES string of the molecule is Cn1c(SCCOc2ccccc2F)nnc1-c1cccs1. The van der Waals surface area contributed by atoms with Gasteiger partial charge in [0.25, 0.3) is 0 Å². The summed E-state index contributed by atoms with van der Waals surface area (Å²) in [5, 5.41) is 11.2. The molecule has 0 atom stereocenters. The minimum Gasteiger partial charge on any atom is -0.490 e. The summed E-state index contributed by atoms with van der Waals surface area (Å²) >= 11 is 3.17. The van der Waals surface area contributed by atoms with E-state index < -0.39 is 0 Å². The van der Waals surface area contributed by atoms with Crippen molar-refractivity contribution in [3.63, 3.8) is 0 Å². The van der Waals surface area contributed by atoms with Crippen LogP contribution in [-0.4, -0.2) is 27.1 Å². The molecule has 114 valence electrons. The van der Waals surface area contributed by atoms with Gasteiger partial charge in [0, 0.05) is 12.8 Å². The Morgan fingerprint density at radius 3 is 2.86 bits per heavy atom. The summed E-state index contributed by atoms with van der Waals surface area (Å²) in [6.07, 6.45) is 0. The van der Waals surface area contributed by atoms with E-state index in [0.717, 1.165) is 15.9 Å². The van der Waals surface area contributed by atoms with Gasteiger partial charge in [-0.3, -0.25) is 0 Å². The first-order valence-electron chi connectivity index (χ1n) is 6.69. The van der Waals surface area contributed by atoms with Crippen molar-refractivity contribution in [2.75, 3.05) is 12.4 Å². The second-order valence-electron chi connectivity index (χ2n) is 4.47. The fourth-order valence-electron chi connectivity index (χ4n) is 1.91. The molecule has 2 aromatic heterocycles. The summed E-state index contributed by atoms with van der Waals surface area (Å²) in [7, 11) is 1.94. The number of hydrogen-bond donors (Lipinski definition) is 0. The summed E-state index contributed by atoms with van der Waals surface area (Å²) < 4.78 is 20.8. The lowest BCUT2D eigenvalue weighted by atomic mass is 10.3. The van der Waals surface area contributed by atoms with Crippen molar-refractivity contribution in [3.05, 3.63) is 47.6 Å². The van der Waals surface area contributed by atoms with Crippen LogP contribution in [0.25, 0.3) is 10.7 Å². The maximum atomic E-state index is 13.4. The van der Waals surface area contributed by atoms with Crippen LogP contribution >= 0.6 is 23.1 Å². The Hall–Kier alpha value is -1.86. The average Bonchev–Trinajstić information content (AvgIpc) is 3.15. The summed E-state index contributed by atoms with van der Waals surface area (Å²) in [6.45, 7) is 0.410. The fraction of sp³-hybridized carbons (Fsp3) is 0.200. The number of rotatable bonds is 6. The minimum absolute atomic E-state index is 0.278. The lowest BCUT2D eigenvalue weighted by molar-refractivity contribution is 0.325. The van der Waals surface area contributed by atoms with Crippen LogP contribution in [-0.2, 0) is 7.05 Å². The molecule has 0 bridgehead atoms. The smallest absolute Gasteiger partial charge is 0.191 e. The number of halogens is 1. The molecule has 0 amide bonds. The summed E-state index contributed by atoms with van der Waals surface area (Å²) in [4.78, 5) is 1.09. The number of hydrogen-bond acceptors (Lipinski definition) is 5. The second kappa shape index (κ2) is 6.93. The highest BCUT2D eigenvalue weighted by Crippen LogP contribution is 2.26. The van der Waals surface area contributed by atoms with Gasteiger partial charge >= 0.3 is 0 Å². The van der Waals surface area contributed by atoms with E-state index in [1.54, 1.807) is 29.5 Å². The Kier molecular flexibility index (Phi) is 4.74. The van der Waals surface area contributed by atoms with Gasteiger partial charge in [-0.2, -0.15) is 0 Å². The maximum absolute atomic E-state index is 13.4. The Labute approximate surface area is 136 Å². The Morgan fingerprint density at radius 1 is 1.23 bits per heavy atom. The molecular weight excluding hydrogens is 321 g/mol. The third kappa shape index (κ3) is 3.31. The van der Waals surface area contributed by atoms with Crippen LogP contribution in [0.2, 0.25) is 0 Å². The summed E-state index contributed by atoms with van der Waals surface area (Å²) in [5.74, 6) is 1.46. The van der Waals surface area contributed by atoms with Crippen molar-refractivity contribution in [1.29, 1.82) is 0 Å². The van der Waals surface area contributed by atoms with Crippen molar-refractivity contribution in [1.82, 2.24) is 14.8 Å². The van der Waals surface area contributed by atoms with Crippen molar-refractivity contribution < 1.29 is 9.13 Å². The first-order valence-corrected chi connectivity index (χ1v) is 8.55. The molecular formula is C15H14FN3OS2. The minimum atomic E-state index is -0.342. The number of aromatic nitrogens is 3. The molecule has 0 aliphatic heterocycles. The Morgan fingerprint density at radius 2 is 2.09 bits per heavy atom. The van der Waals surface area contributed by atoms with Crippen LogP contribution in [0.5, 0.6) is 5.75 Å². The first kappa shape index (κ1) is 15.1. The van der Waals surface area contributed by atoms with E-state index in [-0.39, 0.29) is 11.6 Å². The molecule has 4 nitrogen and oxygen atoms in total. The Bertz CT molecular complexity index is 743. The van der Waals surface area contributed by atoms with E-state index in [1.165, 1.54) is 17.8 Å². The topological polar surface area (TPSA) is 39.9 Å². The molecule has 0 spiro atoms. The highest BCUT2D eigenvalue weighted by atomic mass is 32.2. The largest absolute Gasteiger partial charge is 0.490 e. The molecule has 0 aliphatic carbocycles. The van der Waals surface area contributed by atoms with Crippen LogP contribution in [0.15, 0.2) is 46.9 Å². The summed E-state index contributed by atoms with van der Waals surface area (Å²) in [5.41, 5.74) is 0. The van der Waals surface area contributed by atoms with Crippen molar-refractivity contribution in [3.8, 4) is 16.5 Å². The Balaban J connectivity index is 1.55. The molecule has 0 saturated heterocycles. The zero-order valence-electron chi connectivity index (χ0n) is 11.9. The van der Waals surface area contributed by atoms with Crippen molar-refractivity contribution in [2.45, 2.75) is 5.16 Å². The molecule has 2 heterocycles. The zero-order chi connectivity index (χ0) is 15.4. The van der Waals surface area contributed by atoms with Gasteiger partial charge in [-0.05, 0) is 23.6 Å². The van der Waals surface area contributed by atoms with E-state index in [9.17, 15) is 4.39 Å². The molecule has 22 heavy (non-hydrogen) atoms. The van der Waals surface area contributed by atoms with Gasteiger partial charge in [0.2, 0.25) is 0 Å². The first-order chi connectivity index (χ1) is 10.8. The number of thioether (sulfide) groups is 1. The highest BCUT2D eigenvalue weighted by Gasteiger charge is 2.11. The molecule has 0 radical (unpaired) electrons. The highest BCUT2D eigenvalue weighted by molar-refractivity contribution is 7.99. The van der Waals surface area contributed by atoms with Gasteiger partial charge in [-0.25, -0.2) is 4.39 Å². The molecule has 0 unspecified atom stereocenters. The van der Waals surface area contributed by atoms with Gasteiger partial charge < -0.3 is 9.30 Å². The van der Waals surface area contributed by atoms with Gasteiger partial charge in [0.05, 0.1) is 11.5 Å². The second-order valence-corrected chi connectivity index (χ2v) is 6.48. The molecule has 1 aromatic carbocycles. The van der Waals surface area contributed by atoms with Crippen LogP contribution in [0.4, 0.5) is 4.39 Å². The molecule has 0 fully saturated rings. The van der Waals surface area contributed by atoms with Gasteiger partial charge in [0.15, 0.2) is 22.5 Å². The normalized spacial score (nSPS) is 10.8. The average molecular weight is 335 g/mol. The van der Waals surface area contributed by atoms with Crippen LogP contribution in [0.3, 0.4) is 0 Å². The standard InChI is InChI=1S/C15H14FN3OS2/c1-19-14(13-7-4-9-21-13)17-18-15(19)22-10-8-20-12-6-3-2-5-11(12)16/h2-7,9H,8,10H2,1H3. The number of para-hydroxylation sites is 1. The van der Waals surface area contributed by atoms with E-state index in [1.807, 2.05) is 29.1 Å². The van der Waals surface area contributed by atoms with Crippen molar-refractivity contribution in [2.24, 2.45) is 7.05 Å². The third-order valence-corrected chi connectivity index (χ3v) is 4.84. The van der Waals surface area contributed by atoms with E-state index in [4.69, 9.17) is 4.74 Å². The zero-order valence-corrected chi connectivity index (χ0v) is 13.5. The van der Waals surface area contributed by atoms with E-state index >= 15 is 0 Å². The fourth-order valence-corrected chi connectivity index (χ4v) is 3.38. The van der Waals surface area contributed by atoms with Crippen LogP contribution in [0, 0.1) is 5.82 Å². The number of benzene rings is 1. The van der Waals surface area contributed by atoms with Crippen LogP contribution in [0.1, 0.15) is 0 Å². The molecule has 0 saturated carbocycles.